The maximum Gasteiger partial charge on any atom is 0.354 e. The Morgan fingerprint density at radius 2 is 1.61 bits per heavy atom. The monoisotopic (exact) mass is 299 g/mol. The van der Waals surface area contributed by atoms with Crippen LogP contribution in [0.3, 0.4) is 0 Å². The number of hydrogen-bond donors (Lipinski definition) is 4. The summed E-state index contributed by atoms with van der Waals surface area (Å²) in [6.45, 7) is 2.51. The molecular formula is C9H19NO6P2. The third-order valence-corrected chi connectivity index (χ3v) is 6.52. The molecule has 0 amide bonds. The molecule has 4 N–H and O–H groups in total. The summed E-state index contributed by atoms with van der Waals surface area (Å²) < 4.78 is 22.5. The molecule has 0 aliphatic carbocycles. The van der Waals surface area contributed by atoms with Gasteiger partial charge in [-0.05, 0) is 19.3 Å². The predicted octanol–water partition coefficient (Wildman–Crippen LogP) is 1.06. The first-order valence-corrected chi connectivity index (χ1v) is 9.05. The van der Waals surface area contributed by atoms with E-state index in [0.29, 0.717) is 12.8 Å². The van der Waals surface area contributed by atoms with E-state index >= 15 is 0 Å². The van der Waals surface area contributed by atoms with Crippen molar-refractivity contribution in [2.45, 2.75) is 31.7 Å². The van der Waals surface area contributed by atoms with Gasteiger partial charge in [0, 0.05) is 13.1 Å². The molecule has 0 radical (unpaired) electrons. The fourth-order valence-corrected chi connectivity index (χ4v) is 5.04. The number of likely N-dealkylation sites (tertiary alicyclic amines) is 1. The minimum absolute atomic E-state index is 0.257. The molecule has 0 atom stereocenters. The lowest BCUT2D eigenvalue weighted by atomic mass is 10.0. The second kappa shape index (κ2) is 5.97. The van der Waals surface area contributed by atoms with E-state index in [9.17, 15) is 9.13 Å². The van der Waals surface area contributed by atoms with Crippen LogP contribution in [0, 0.1) is 0 Å². The van der Waals surface area contributed by atoms with Crippen LogP contribution in [0.5, 0.6) is 0 Å². The van der Waals surface area contributed by atoms with Gasteiger partial charge in [-0.25, -0.2) is 0 Å². The number of allylic oxidation sites excluding steroid dienone is 1. The zero-order valence-electron chi connectivity index (χ0n) is 10.1. The van der Waals surface area contributed by atoms with E-state index in [1.54, 1.807) is 0 Å². The first-order chi connectivity index (χ1) is 8.16. The first-order valence-electron chi connectivity index (χ1n) is 5.68. The molecule has 0 saturated carbocycles. The number of piperidine rings is 1. The van der Waals surface area contributed by atoms with Gasteiger partial charge in [-0.15, -0.1) is 0 Å². The zero-order chi connectivity index (χ0) is 14.0. The van der Waals surface area contributed by atoms with Crippen molar-refractivity contribution in [3.8, 4) is 0 Å². The molecule has 106 valence electrons. The summed E-state index contributed by atoms with van der Waals surface area (Å²) in [5.41, 5.74) is -0.836. The molecule has 1 aliphatic rings. The highest BCUT2D eigenvalue weighted by Gasteiger charge is 2.47. The maximum absolute atomic E-state index is 11.2. The predicted molar refractivity (Wildman–Crippen MR) is 67.1 cm³/mol. The quantitative estimate of drug-likeness (QED) is 0.452. The summed E-state index contributed by atoms with van der Waals surface area (Å²) in [7, 11) is -9.72. The van der Waals surface area contributed by atoms with E-state index in [-0.39, 0.29) is 13.1 Å². The number of hydrogen-bond acceptors (Lipinski definition) is 3. The Balaban J connectivity index is 2.83. The summed E-state index contributed by atoms with van der Waals surface area (Å²) in [5, 5.41) is 0. The molecule has 0 aromatic heterocycles. The SMILES string of the molecule is CCC=C1CCN(C(P(=O)(O)O)P(=O)(O)O)CC1. The number of rotatable bonds is 4. The van der Waals surface area contributed by atoms with Gasteiger partial charge in [0.2, 0.25) is 5.52 Å². The van der Waals surface area contributed by atoms with E-state index in [4.69, 9.17) is 19.6 Å². The van der Waals surface area contributed by atoms with Crippen molar-refractivity contribution < 1.29 is 28.7 Å². The standard InChI is InChI=1S/C9H19NO6P2/c1-2-3-8-4-6-10(7-5-8)9(17(11,12)13)18(14,15)16/h3,9H,2,4-7H2,1H3,(H2,11,12,13)(H2,14,15,16). The fourth-order valence-electron chi connectivity index (χ4n) is 2.16. The van der Waals surface area contributed by atoms with Crippen LogP contribution in [0.4, 0.5) is 0 Å². The Morgan fingerprint density at radius 1 is 1.17 bits per heavy atom. The van der Waals surface area contributed by atoms with E-state index in [1.807, 2.05) is 13.0 Å². The lowest BCUT2D eigenvalue weighted by Gasteiger charge is -2.35. The van der Waals surface area contributed by atoms with Crippen LogP contribution in [0.15, 0.2) is 11.6 Å². The molecular weight excluding hydrogens is 280 g/mol. The van der Waals surface area contributed by atoms with Crippen molar-refractivity contribution in [1.29, 1.82) is 0 Å². The summed E-state index contributed by atoms with van der Waals surface area (Å²) in [5.74, 6) is 0. The Labute approximate surface area is 106 Å². The van der Waals surface area contributed by atoms with Gasteiger partial charge >= 0.3 is 15.2 Å². The molecule has 0 aromatic rings. The van der Waals surface area contributed by atoms with Crippen molar-refractivity contribution in [1.82, 2.24) is 4.90 Å². The fraction of sp³-hybridized carbons (Fsp3) is 0.778. The molecule has 0 unspecified atom stereocenters. The van der Waals surface area contributed by atoms with Crippen molar-refractivity contribution in [3.63, 3.8) is 0 Å². The van der Waals surface area contributed by atoms with E-state index < -0.39 is 20.7 Å². The van der Waals surface area contributed by atoms with Gasteiger partial charge in [0.05, 0.1) is 0 Å². The molecule has 18 heavy (non-hydrogen) atoms. The normalized spacial score (nSPS) is 19.3. The van der Waals surface area contributed by atoms with Crippen LogP contribution < -0.4 is 0 Å². The summed E-state index contributed by atoms with van der Waals surface area (Å²) >= 11 is 0. The summed E-state index contributed by atoms with van der Waals surface area (Å²) in [6.07, 6.45) is 4.10. The largest absolute Gasteiger partial charge is 0.354 e. The van der Waals surface area contributed by atoms with Gasteiger partial charge in [-0.2, -0.15) is 0 Å². The Morgan fingerprint density at radius 3 is 1.94 bits per heavy atom. The molecule has 0 spiro atoms. The van der Waals surface area contributed by atoms with Crippen molar-refractivity contribution in [2.75, 3.05) is 13.1 Å². The molecule has 9 heteroatoms. The highest BCUT2D eigenvalue weighted by atomic mass is 31.2. The van der Waals surface area contributed by atoms with Crippen LogP contribution in [0.25, 0.3) is 0 Å². The minimum atomic E-state index is -4.86. The van der Waals surface area contributed by atoms with Crippen LogP contribution >= 0.6 is 15.2 Å². The molecule has 1 aliphatic heterocycles. The average Bonchev–Trinajstić information content (AvgIpc) is 2.17. The Bertz CT molecular complexity index is 379. The van der Waals surface area contributed by atoms with Crippen molar-refractivity contribution >= 4 is 15.2 Å². The zero-order valence-corrected chi connectivity index (χ0v) is 11.9. The lowest BCUT2D eigenvalue weighted by molar-refractivity contribution is 0.214. The maximum atomic E-state index is 11.2. The highest BCUT2D eigenvalue weighted by molar-refractivity contribution is 7.70. The first kappa shape index (κ1) is 16.1. The van der Waals surface area contributed by atoms with E-state index in [0.717, 1.165) is 6.42 Å². The van der Waals surface area contributed by atoms with E-state index in [1.165, 1.54) is 10.5 Å². The Kier molecular flexibility index (Phi) is 5.32. The van der Waals surface area contributed by atoms with Gasteiger partial charge in [0.15, 0.2) is 0 Å². The third kappa shape index (κ3) is 4.28. The second-order valence-electron chi connectivity index (χ2n) is 4.33. The van der Waals surface area contributed by atoms with Crippen molar-refractivity contribution in [3.05, 3.63) is 11.6 Å². The van der Waals surface area contributed by atoms with Gasteiger partial charge in [-0.3, -0.25) is 14.0 Å². The van der Waals surface area contributed by atoms with Crippen LogP contribution in [0.2, 0.25) is 0 Å². The average molecular weight is 299 g/mol. The molecule has 1 fully saturated rings. The third-order valence-electron chi connectivity index (χ3n) is 2.86. The van der Waals surface area contributed by atoms with Gasteiger partial charge < -0.3 is 19.6 Å². The molecule has 1 saturated heterocycles. The summed E-state index contributed by atoms with van der Waals surface area (Å²) in [4.78, 5) is 37.6. The van der Waals surface area contributed by atoms with Gasteiger partial charge in [-0.1, -0.05) is 18.6 Å². The van der Waals surface area contributed by atoms with E-state index in [2.05, 4.69) is 0 Å². The second-order valence-corrected chi connectivity index (χ2v) is 8.07. The topological polar surface area (TPSA) is 118 Å². The minimum Gasteiger partial charge on any atom is -0.323 e. The Hall–Kier alpha value is -0.0000000000000000416. The van der Waals surface area contributed by atoms with Crippen LogP contribution in [0.1, 0.15) is 26.2 Å². The molecule has 0 aromatic carbocycles. The van der Waals surface area contributed by atoms with Gasteiger partial charge in [0.1, 0.15) is 0 Å². The van der Waals surface area contributed by atoms with Gasteiger partial charge in [0.25, 0.3) is 0 Å². The lowest BCUT2D eigenvalue weighted by Crippen LogP contribution is -2.39. The molecule has 1 heterocycles. The smallest absolute Gasteiger partial charge is 0.323 e. The van der Waals surface area contributed by atoms with Crippen molar-refractivity contribution in [2.24, 2.45) is 0 Å². The molecule has 7 nitrogen and oxygen atoms in total. The molecule has 1 rings (SSSR count). The number of nitrogens with zero attached hydrogens (tertiary/aromatic N) is 1. The molecule has 0 bridgehead atoms. The van der Waals surface area contributed by atoms with Crippen LogP contribution in [-0.2, 0) is 9.13 Å². The highest BCUT2D eigenvalue weighted by Crippen LogP contribution is 2.61. The van der Waals surface area contributed by atoms with Crippen LogP contribution in [-0.4, -0.2) is 43.1 Å². The summed E-state index contributed by atoms with van der Waals surface area (Å²) in [6, 6.07) is 0.